The molecule has 0 radical (unpaired) electrons. The van der Waals surface area contributed by atoms with Gasteiger partial charge in [0.05, 0.1) is 6.61 Å². The van der Waals surface area contributed by atoms with Gasteiger partial charge in [0.2, 0.25) is 0 Å². The number of esters is 2. The normalized spacial score (nSPS) is 19.9. The number of aliphatic hydroxyl groups is 3. The molecule has 1 saturated heterocycles. The average molecular weight is 965 g/mol. The van der Waals surface area contributed by atoms with Gasteiger partial charge in [-0.3, -0.25) is 14.1 Å². The van der Waals surface area contributed by atoms with Crippen LogP contribution in [-0.4, -0.2) is 96.0 Å². The smallest absolute Gasteiger partial charge is 0.306 e. The number of carbonyl (C=O) groups is 2. The number of hydrogen-bond donors (Lipinski definition) is 4. The molecule has 0 amide bonds. The molecular formula is C54H92O12S. The number of unbranched alkanes of at least 4 members (excludes halogenated alkanes) is 19. The number of ether oxygens (including phenoxy) is 4. The van der Waals surface area contributed by atoms with Crippen LogP contribution in [0.5, 0.6) is 0 Å². The zero-order chi connectivity index (χ0) is 49.1. The van der Waals surface area contributed by atoms with E-state index in [-0.39, 0.29) is 19.4 Å². The predicted octanol–water partition coefficient (Wildman–Crippen LogP) is 11.8. The molecular weight excluding hydrogens is 873 g/mol. The number of aliphatic hydroxyl groups excluding tert-OH is 3. The highest BCUT2D eigenvalue weighted by atomic mass is 32.2. The van der Waals surface area contributed by atoms with Crippen molar-refractivity contribution in [2.75, 3.05) is 19.0 Å². The van der Waals surface area contributed by atoms with Crippen molar-refractivity contribution in [3.8, 4) is 0 Å². The first-order valence-corrected chi connectivity index (χ1v) is 27.6. The number of rotatable bonds is 43. The molecule has 1 fully saturated rings. The van der Waals surface area contributed by atoms with E-state index in [2.05, 4.69) is 74.6 Å². The molecule has 1 aliphatic rings. The quantitative estimate of drug-likeness (QED) is 0.0196. The second-order valence-corrected chi connectivity index (χ2v) is 19.3. The highest BCUT2D eigenvalue weighted by Crippen LogP contribution is 2.24. The summed E-state index contributed by atoms with van der Waals surface area (Å²) in [6.07, 6.45) is 46.7. The molecule has 0 aromatic carbocycles. The first-order valence-electron chi connectivity index (χ1n) is 26.0. The van der Waals surface area contributed by atoms with E-state index in [4.69, 9.17) is 18.9 Å². The van der Waals surface area contributed by atoms with Crippen LogP contribution in [0.15, 0.2) is 72.9 Å². The lowest BCUT2D eigenvalue weighted by Crippen LogP contribution is -2.60. The summed E-state index contributed by atoms with van der Waals surface area (Å²) in [5.41, 5.74) is 0. The zero-order valence-corrected chi connectivity index (χ0v) is 42.3. The fraction of sp³-hybridized carbons (Fsp3) is 0.741. The lowest BCUT2D eigenvalue weighted by Gasteiger charge is -2.40. The fourth-order valence-electron chi connectivity index (χ4n) is 7.59. The van der Waals surface area contributed by atoms with Crippen LogP contribution in [0, 0.1) is 0 Å². The maximum Gasteiger partial charge on any atom is 0.306 e. The maximum atomic E-state index is 12.9. The minimum atomic E-state index is -4.62. The second-order valence-electron chi connectivity index (χ2n) is 17.8. The van der Waals surface area contributed by atoms with Gasteiger partial charge in [0, 0.05) is 12.8 Å². The van der Waals surface area contributed by atoms with Gasteiger partial charge < -0.3 is 34.3 Å². The molecule has 1 rings (SSSR count). The van der Waals surface area contributed by atoms with Crippen LogP contribution in [0.3, 0.4) is 0 Å². The van der Waals surface area contributed by atoms with Crippen LogP contribution in [0.1, 0.15) is 200 Å². The molecule has 0 bridgehead atoms. The SMILES string of the molecule is CC/C=C/C/C=C/C/C=C/C/C=C/C/C=C/C/C=C/CCC(=O)OC[C@H](CO[C@H]1O[C@H](CS(=O)(=O)O)[C@@H](O)C(O)C1O)OC(=O)CCCCCCCCCCCCCCCCCCCCCC. The highest BCUT2D eigenvalue weighted by Gasteiger charge is 2.46. The van der Waals surface area contributed by atoms with Crippen LogP contribution >= 0.6 is 0 Å². The van der Waals surface area contributed by atoms with Gasteiger partial charge >= 0.3 is 11.9 Å². The van der Waals surface area contributed by atoms with Crippen LogP contribution in [0.4, 0.5) is 0 Å². The van der Waals surface area contributed by atoms with Gasteiger partial charge in [0.1, 0.15) is 36.8 Å². The minimum Gasteiger partial charge on any atom is -0.462 e. The monoisotopic (exact) mass is 965 g/mol. The maximum absolute atomic E-state index is 12.9. The first kappa shape index (κ1) is 62.1. The Bertz CT molecular complexity index is 1500. The Morgan fingerprint density at radius 3 is 1.37 bits per heavy atom. The van der Waals surface area contributed by atoms with Gasteiger partial charge in [-0.1, -0.05) is 209 Å². The molecule has 1 heterocycles. The molecule has 386 valence electrons. The Morgan fingerprint density at radius 2 is 0.940 bits per heavy atom. The molecule has 67 heavy (non-hydrogen) atoms. The van der Waals surface area contributed by atoms with Gasteiger partial charge in [-0.05, 0) is 51.4 Å². The summed E-state index contributed by atoms with van der Waals surface area (Å²) < 4.78 is 54.2. The van der Waals surface area contributed by atoms with E-state index in [1.165, 1.54) is 103 Å². The Balaban J connectivity index is 2.42. The van der Waals surface area contributed by atoms with E-state index < -0.39 is 71.2 Å². The summed E-state index contributed by atoms with van der Waals surface area (Å²) in [5, 5.41) is 31.0. The summed E-state index contributed by atoms with van der Waals surface area (Å²) in [5.74, 6) is -2.09. The average Bonchev–Trinajstić information content (AvgIpc) is 3.30. The topological polar surface area (TPSA) is 186 Å². The van der Waals surface area contributed by atoms with Crippen LogP contribution in [0.2, 0.25) is 0 Å². The van der Waals surface area contributed by atoms with E-state index in [0.717, 1.165) is 57.8 Å². The van der Waals surface area contributed by atoms with Crippen LogP contribution in [0.25, 0.3) is 0 Å². The third kappa shape index (κ3) is 37.6. The fourth-order valence-corrected chi connectivity index (χ4v) is 8.28. The van der Waals surface area contributed by atoms with E-state index in [9.17, 15) is 37.9 Å². The van der Waals surface area contributed by atoms with E-state index >= 15 is 0 Å². The second kappa shape index (κ2) is 43.1. The van der Waals surface area contributed by atoms with Crippen molar-refractivity contribution in [3.63, 3.8) is 0 Å². The molecule has 6 atom stereocenters. The Labute approximate surface area is 406 Å². The number of hydrogen-bond acceptors (Lipinski definition) is 11. The summed E-state index contributed by atoms with van der Waals surface area (Å²) in [4.78, 5) is 25.5. The van der Waals surface area contributed by atoms with E-state index in [0.29, 0.717) is 12.8 Å². The molecule has 12 nitrogen and oxygen atoms in total. The molecule has 0 spiro atoms. The Hall–Kier alpha value is -2.91. The van der Waals surface area contributed by atoms with Gasteiger partial charge in [0.15, 0.2) is 12.4 Å². The number of carbonyl (C=O) groups excluding carboxylic acids is 2. The third-order valence-corrected chi connectivity index (χ3v) is 12.3. The lowest BCUT2D eigenvalue weighted by atomic mass is 10.00. The molecule has 0 saturated carbocycles. The summed E-state index contributed by atoms with van der Waals surface area (Å²) in [6.45, 7) is 3.61. The lowest BCUT2D eigenvalue weighted by molar-refractivity contribution is -0.297. The number of allylic oxidation sites excluding steroid dienone is 12. The Morgan fingerprint density at radius 1 is 0.522 bits per heavy atom. The molecule has 0 aromatic rings. The Kier molecular flexibility index (Phi) is 40.0. The van der Waals surface area contributed by atoms with Gasteiger partial charge in [-0.25, -0.2) is 0 Å². The molecule has 13 heteroatoms. The predicted molar refractivity (Wildman–Crippen MR) is 270 cm³/mol. The summed E-state index contributed by atoms with van der Waals surface area (Å²) in [6, 6.07) is 0. The molecule has 1 aliphatic heterocycles. The van der Waals surface area contributed by atoms with Crippen molar-refractivity contribution >= 4 is 22.1 Å². The van der Waals surface area contributed by atoms with Crippen molar-refractivity contribution < 1.29 is 56.8 Å². The highest BCUT2D eigenvalue weighted by molar-refractivity contribution is 7.85. The van der Waals surface area contributed by atoms with Gasteiger partial charge in [-0.2, -0.15) is 8.42 Å². The molecule has 0 aliphatic carbocycles. The van der Waals surface area contributed by atoms with Crippen molar-refractivity contribution in [2.45, 2.75) is 237 Å². The largest absolute Gasteiger partial charge is 0.462 e. The summed E-state index contributed by atoms with van der Waals surface area (Å²) in [7, 11) is -4.62. The molecule has 4 N–H and O–H groups in total. The van der Waals surface area contributed by atoms with Gasteiger partial charge in [0.25, 0.3) is 10.1 Å². The van der Waals surface area contributed by atoms with Crippen LogP contribution < -0.4 is 0 Å². The van der Waals surface area contributed by atoms with E-state index in [1.54, 1.807) is 0 Å². The third-order valence-electron chi connectivity index (χ3n) is 11.6. The van der Waals surface area contributed by atoms with Crippen molar-refractivity contribution in [1.29, 1.82) is 0 Å². The van der Waals surface area contributed by atoms with Crippen molar-refractivity contribution in [2.24, 2.45) is 0 Å². The van der Waals surface area contributed by atoms with Crippen molar-refractivity contribution in [1.82, 2.24) is 0 Å². The minimum absolute atomic E-state index is 0.0922. The zero-order valence-electron chi connectivity index (χ0n) is 41.5. The van der Waals surface area contributed by atoms with Gasteiger partial charge in [-0.15, -0.1) is 0 Å². The molecule has 2 unspecified atom stereocenters. The van der Waals surface area contributed by atoms with Crippen LogP contribution in [-0.2, 0) is 38.7 Å². The van der Waals surface area contributed by atoms with Crippen molar-refractivity contribution in [3.05, 3.63) is 72.9 Å². The standard InChI is InChI=1S/C54H92O12S/c1-3-5-7-9-11-13-15-17-19-21-23-25-27-29-31-33-35-37-39-41-43-50(56)65-47(45-64-54-53(59)52(58)51(57)48(66-54)46-67(60,61)62)44-63-49(55)42-40-38-36-34-32-30-28-26-24-22-20-18-16-14-12-10-8-6-4-2/h6,8,12,14,18,20,24,26,30,32,36,38,47-48,51-54,57-59H,3-5,7,9-11,13,15-17,19,21-23,25,27-29,31,33-35,37,39-46H2,1-2H3,(H,60,61,62)/b8-6+,14-12+,20-18+,26-24+,32-30+,38-36+/t47-,48-,51-,52?,53?,54+/m1/s1. The first-order chi connectivity index (χ1) is 32.5. The summed E-state index contributed by atoms with van der Waals surface area (Å²) >= 11 is 0. The molecule has 0 aromatic heterocycles. The van der Waals surface area contributed by atoms with E-state index in [1.807, 2.05) is 12.2 Å².